The third-order valence-corrected chi connectivity index (χ3v) is 4.20. The van der Waals surface area contributed by atoms with Gasteiger partial charge in [-0.05, 0) is 61.1 Å². The lowest BCUT2D eigenvalue weighted by molar-refractivity contribution is 0.304. The number of ether oxygens (including phenoxy) is 1. The third kappa shape index (κ3) is 2.40. The lowest BCUT2D eigenvalue weighted by atomic mass is 9.95. The number of rotatable bonds is 4. The monoisotopic (exact) mass is 284 g/mol. The van der Waals surface area contributed by atoms with Gasteiger partial charge in [0.05, 0.1) is 6.10 Å². The summed E-state index contributed by atoms with van der Waals surface area (Å²) < 4.78 is 19.7. The predicted molar refractivity (Wildman–Crippen MR) is 78.4 cm³/mol. The Hall–Kier alpha value is -1.94. The standard InChI is InChI=1S/C17H17FN2O/c18-11-1-4-16(21-12-2-3-12)14(9-11)13-5-8-20-10-15(13)17(19)6-7-17/h1,4-5,8-10,12H,2-3,6-7,19H2. The topological polar surface area (TPSA) is 48.1 Å². The fraction of sp³-hybridized carbons (Fsp3) is 0.353. The average molecular weight is 284 g/mol. The van der Waals surface area contributed by atoms with E-state index in [4.69, 9.17) is 10.5 Å². The molecule has 2 saturated carbocycles. The molecule has 2 fully saturated rings. The lowest BCUT2D eigenvalue weighted by Crippen LogP contribution is -2.20. The van der Waals surface area contributed by atoms with Crippen molar-refractivity contribution >= 4 is 0 Å². The number of pyridine rings is 1. The molecule has 0 spiro atoms. The number of hydrogen-bond donors (Lipinski definition) is 1. The van der Waals surface area contributed by atoms with E-state index >= 15 is 0 Å². The van der Waals surface area contributed by atoms with Crippen molar-refractivity contribution in [2.75, 3.05) is 0 Å². The van der Waals surface area contributed by atoms with Gasteiger partial charge in [-0.2, -0.15) is 0 Å². The molecule has 2 aromatic rings. The van der Waals surface area contributed by atoms with E-state index in [1.165, 1.54) is 12.1 Å². The van der Waals surface area contributed by atoms with Gasteiger partial charge in [-0.1, -0.05) is 0 Å². The highest BCUT2D eigenvalue weighted by Gasteiger charge is 2.42. The molecule has 0 saturated heterocycles. The molecule has 0 unspecified atom stereocenters. The molecule has 0 radical (unpaired) electrons. The molecule has 4 rings (SSSR count). The minimum atomic E-state index is -0.313. The molecule has 0 bridgehead atoms. The number of hydrogen-bond acceptors (Lipinski definition) is 3. The molecule has 108 valence electrons. The number of nitrogens with zero attached hydrogens (tertiary/aromatic N) is 1. The Morgan fingerprint density at radius 3 is 2.71 bits per heavy atom. The van der Waals surface area contributed by atoms with E-state index in [2.05, 4.69) is 4.98 Å². The summed E-state index contributed by atoms with van der Waals surface area (Å²) >= 11 is 0. The Morgan fingerprint density at radius 2 is 2.00 bits per heavy atom. The summed E-state index contributed by atoms with van der Waals surface area (Å²) in [5.74, 6) is 0.466. The second-order valence-corrected chi connectivity index (χ2v) is 6.04. The predicted octanol–water partition coefficient (Wildman–Crippen LogP) is 3.38. The Morgan fingerprint density at radius 1 is 1.19 bits per heavy atom. The molecule has 4 heteroatoms. The summed E-state index contributed by atoms with van der Waals surface area (Å²) in [5.41, 5.74) is 8.71. The van der Waals surface area contributed by atoms with Crippen LogP contribution in [0.3, 0.4) is 0 Å². The molecule has 0 aliphatic heterocycles. The van der Waals surface area contributed by atoms with Crippen LogP contribution in [-0.2, 0) is 5.54 Å². The highest BCUT2D eigenvalue weighted by molar-refractivity contribution is 5.74. The zero-order chi connectivity index (χ0) is 14.4. The highest BCUT2D eigenvalue weighted by Crippen LogP contribution is 2.47. The van der Waals surface area contributed by atoms with E-state index in [1.807, 2.05) is 6.07 Å². The molecule has 0 amide bonds. The quantitative estimate of drug-likeness (QED) is 0.936. The highest BCUT2D eigenvalue weighted by atomic mass is 19.1. The van der Waals surface area contributed by atoms with E-state index in [0.29, 0.717) is 0 Å². The van der Waals surface area contributed by atoms with Gasteiger partial charge in [-0.25, -0.2) is 4.39 Å². The van der Waals surface area contributed by atoms with Crippen LogP contribution in [0, 0.1) is 5.82 Å². The number of halogens is 1. The molecular weight excluding hydrogens is 267 g/mol. The van der Waals surface area contributed by atoms with Crippen LogP contribution in [-0.4, -0.2) is 11.1 Å². The van der Waals surface area contributed by atoms with Crippen LogP contribution >= 0.6 is 0 Å². The van der Waals surface area contributed by atoms with E-state index in [-0.39, 0.29) is 17.5 Å². The van der Waals surface area contributed by atoms with Crippen LogP contribution in [0.4, 0.5) is 4.39 Å². The zero-order valence-electron chi connectivity index (χ0n) is 11.7. The van der Waals surface area contributed by atoms with Crippen LogP contribution in [0.5, 0.6) is 5.75 Å². The maximum atomic E-state index is 13.7. The maximum absolute atomic E-state index is 13.7. The first-order valence-corrected chi connectivity index (χ1v) is 7.36. The molecule has 1 aromatic carbocycles. The van der Waals surface area contributed by atoms with E-state index in [9.17, 15) is 4.39 Å². The van der Waals surface area contributed by atoms with Crippen molar-refractivity contribution in [3.05, 3.63) is 48.0 Å². The van der Waals surface area contributed by atoms with Gasteiger partial charge >= 0.3 is 0 Å². The molecule has 0 atom stereocenters. The molecular formula is C17H17FN2O. The Labute approximate surface area is 123 Å². The van der Waals surface area contributed by atoms with Gasteiger partial charge in [0.15, 0.2) is 0 Å². The summed E-state index contributed by atoms with van der Waals surface area (Å²) in [5, 5.41) is 0. The Kier molecular flexibility index (Phi) is 2.76. The van der Waals surface area contributed by atoms with Crippen LogP contribution in [0.2, 0.25) is 0 Å². The van der Waals surface area contributed by atoms with Crippen molar-refractivity contribution in [1.82, 2.24) is 4.98 Å². The molecule has 21 heavy (non-hydrogen) atoms. The summed E-state index contributed by atoms with van der Waals surface area (Å²) in [6.07, 6.45) is 7.82. The number of nitrogens with two attached hydrogens (primary N) is 1. The first-order chi connectivity index (χ1) is 10.2. The van der Waals surface area contributed by atoms with Gasteiger partial charge in [0.1, 0.15) is 11.6 Å². The van der Waals surface area contributed by atoms with E-state index in [1.54, 1.807) is 18.5 Å². The largest absolute Gasteiger partial charge is 0.490 e. The van der Waals surface area contributed by atoms with Crippen molar-refractivity contribution in [2.45, 2.75) is 37.3 Å². The summed E-state index contributed by atoms with van der Waals surface area (Å²) in [6, 6.07) is 6.58. The lowest BCUT2D eigenvalue weighted by Gasteiger charge is -2.17. The second-order valence-electron chi connectivity index (χ2n) is 6.04. The van der Waals surface area contributed by atoms with Crippen molar-refractivity contribution in [3.63, 3.8) is 0 Å². The van der Waals surface area contributed by atoms with Gasteiger partial charge in [0.25, 0.3) is 0 Å². The number of aromatic nitrogens is 1. The Balaban J connectivity index is 1.84. The van der Waals surface area contributed by atoms with Crippen LogP contribution in [0.15, 0.2) is 36.7 Å². The van der Waals surface area contributed by atoms with Crippen LogP contribution in [0.25, 0.3) is 11.1 Å². The summed E-state index contributed by atoms with van der Waals surface area (Å²) in [7, 11) is 0. The molecule has 2 aliphatic carbocycles. The van der Waals surface area contributed by atoms with Crippen molar-refractivity contribution in [2.24, 2.45) is 5.73 Å². The fourth-order valence-electron chi connectivity index (χ4n) is 2.61. The smallest absolute Gasteiger partial charge is 0.127 e. The van der Waals surface area contributed by atoms with E-state index < -0.39 is 0 Å². The fourth-order valence-corrected chi connectivity index (χ4v) is 2.61. The van der Waals surface area contributed by atoms with Crippen molar-refractivity contribution in [3.8, 4) is 16.9 Å². The van der Waals surface area contributed by atoms with Gasteiger partial charge < -0.3 is 10.5 Å². The Bertz CT molecular complexity index is 693. The number of benzene rings is 1. The average Bonchev–Trinajstić information content (AvgIpc) is 3.40. The molecule has 2 aliphatic rings. The minimum Gasteiger partial charge on any atom is -0.490 e. The minimum absolute atomic E-state index is 0.266. The first-order valence-electron chi connectivity index (χ1n) is 7.36. The van der Waals surface area contributed by atoms with Crippen molar-refractivity contribution < 1.29 is 9.13 Å². The molecule has 3 nitrogen and oxygen atoms in total. The second kappa shape index (κ2) is 4.53. The molecule has 1 aromatic heterocycles. The zero-order valence-corrected chi connectivity index (χ0v) is 11.7. The van der Waals surface area contributed by atoms with Gasteiger partial charge in [0, 0.05) is 23.5 Å². The van der Waals surface area contributed by atoms with Crippen LogP contribution in [0.1, 0.15) is 31.2 Å². The van der Waals surface area contributed by atoms with Gasteiger partial charge in [-0.3, -0.25) is 4.98 Å². The van der Waals surface area contributed by atoms with Gasteiger partial charge in [0.2, 0.25) is 0 Å². The first kappa shape index (κ1) is 12.8. The summed E-state index contributed by atoms with van der Waals surface area (Å²) in [6.45, 7) is 0. The van der Waals surface area contributed by atoms with E-state index in [0.717, 1.165) is 48.1 Å². The molecule has 1 heterocycles. The van der Waals surface area contributed by atoms with Gasteiger partial charge in [-0.15, -0.1) is 0 Å². The normalized spacial score (nSPS) is 19.3. The third-order valence-electron chi connectivity index (χ3n) is 4.20. The SMILES string of the molecule is NC1(c2cnccc2-c2cc(F)ccc2OC2CC2)CC1. The maximum Gasteiger partial charge on any atom is 0.127 e. The van der Waals surface area contributed by atoms with Crippen LogP contribution < -0.4 is 10.5 Å². The molecule has 2 N–H and O–H groups in total. The van der Waals surface area contributed by atoms with Crippen molar-refractivity contribution in [1.29, 1.82) is 0 Å². The summed E-state index contributed by atoms with van der Waals surface area (Å²) in [4.78, 5) is 4.19.